The first kappa shape index (κ1) is 26.0. The molecule has 0 aliphatic heterocycles. The maximum atomic E-state index is 13.1. The average molecular weight is 592 g/mol. The molecule has 198 valence electrons. The molecule has 1 heterocycles. The van der Waals surface area contributed by atoms with Crippen LogP contribution in [0.5, 0.6) is 11.5 Å². The van der Waals surface area contributed by atoms with Gasteiger partial charge in [0.05, 0.1) is 11.2 Å². The van der Waals surface area contributed by atoms with E-state index in [9.17, 15) is 9.59 Å². The maximum Gasteiger partial charge on any atom is 0.311 e. The first-order valence-corrected chi connectivity index (χ1v) is 14.0. The number of benzene rings is 4. The molecule has 0 fully saturated rings. The van der Waals surface area contributed by atoms with Crippen LogP contribution < -0.4 is 9.47 Å². The van der Waals surface area contributed by atoms with Crippen molar-refractivity contribution in [2.75, 3.05) is 0 Å². The molecule has 5 aromatic rings. The molecule has 0 saturated carbocycles. The minimum absolute atomic E-state index is 0.168. The number of nitrogens with zero attached hydrogens (tertiary/aromatic N) is 1. The number of pyridine rings is 1. The summed E-state index contributed by atoms with van der Waals surface area (Å²) in [7, 11) is 0. The minimum atomic E-state index is -0.642. The van der Waals surface area contributed by atoms with Crippen LogP contribution in [0.25, 0.3) is 22.2 Å². The lowest BCUT2D eigenvalue weighted by Gasteiger charge is -2.32. The highest BCUT2D eigenvalue weighted by Gasteiger charge is 2.45. The van der Waals surface area contributed by atoms with E-state index in [0.717, 1.165) is 37.8 Å². The van der Waals surface area contributed by atoms with Gasteiger partial charge in [-0.2, -0.15) is 0 Å². The van der Waals surface area contributed by atoms with Crippen LogP contribution in [0.1, 0.15) is 36.8 Å². The zero-order chi connectivity index (χ0) is 27.5. The zero-order valence-corrected chi connectivity index (χ0v) is 23.3. The van der Waals surface area contributed by atoms with Crippen molar-refractivity contribution in [3.63, 3.8) is 0 Å². The quantitative estimate of drug-likeness (QED) is 0.135. The number of rotatable bonds is 8. The minimum Gasteiger partial charge on any atom is -0.427 e. The third-order valence-corrected chi connectivity index (χ3v) is 7.95. The van der Waals surface area contributed by atoms with Crippen LogP contribution in [0.2, 0.25) is 0 Å². The summed E-state index contributed by atoms with van der Waals surface area (Å²) in [5, 5.41) is 1.01. The van der Waals surface area contributed by atoms with Gasteiger partial charge in [0, 0.05) is 33.7 Å². The Kier molecular flexibility index (Phi) is 7.18. The van der Waals surface area contributed by atoms with Crippen LogP contribution in [-0.4, -0.2) is 16.9 Å². The van der Waals surface area contributed by atoms with Crippen molar-refractivity contribution < 1.29 is 19.1 Å². The Morgan fingerprint density at radius 2 is 1.25 bits per heavy atom. The topological polar surface area (TPSA) is 65.5 Å². The molecule has 0 bridgehead atoms. The molecule has 6 rings (SSSR count). The zero-order valence-electron chi connectivity index (χ0n) is 21.7. The van der Waals surface area contributed by atoms with Crippen molar-refractivity contribution >= 4 is 38.8 Å². The second-order valence-corrected chi connectivity index (χ2v) is 10.8. The lowest BCUT2D eigenvalue weighted by Crippen LogP contribution is -2.29. The van der Waals surface area contributed by atoms with Crippen molar-refractivity contribution in [3.8, 4) is 22.8 Å². The molecule has 0 N–H and O–H groups in total. The Labute approximate surface area is 240 Å². The smallest absolute Gasteiger partial charge is 0.311 e. The molecule has 0 radical (unpaired) electrons. The highest BCUT2D eigenvalue weighted by molar-refractivity contribution is 9.10. The van der Waals surface area contributed by atoms with E-state index in [1.807, 2.05) is 66.7 Å². The Balaban J connectivity index is 1.39. The van der Waals surface area contributed by atoms with Gasteiger partial charge in [-0.3, -0.25) is 9.59 Å². The van der Waals surface area contributed by atoms with E-state index in [0.29, 0.717) is 24.3 Å². The standard InChI is InChI=1S/C34H26BrNO4/c35-24-15-16-27-28(22-24)34(19-17-31(37)39-25-10-3-1-4-11-25,20-18-32(38)40-26-12-5-2-6-13-26)29-21-23-9-7-8-14-30(23)36-33(27)29/h1-16,21-22H,17-20H2. The Morgan fingerprint density at radius 1 is 0.675 bits per heavy atom. The van der Waals surface area contributed by atoms with Gasteiger partial charge in [-0.05, 0) is 72.5 Å². The number of carbonyl (C=O) groups excluding carboxylic acids is 2. The normalized spacial score (nSPS) is 12.9. The monoisotopic (exact) mass is 591 g/mol. The SMILES string of the molecule is O=C(CCC1(CCC(=O)Oc2ccccc2)c2cc(Br)ccc2-c2nc3ccccc3cc21)Oc1ccccc1. The summed E-state index contributed by atoms with van der Waals surface area (Å²) in [4.78, 5) is 31.2. The fourth-order valence-electron chi connectivity index (χ4n) is 5.59. The van der Waals surface area contributed by atoms with Crippen molar-refractivity contribution in [2.24, 2.45) is 0 Å². The Hall–Kier alpha value is -4.29. The predicted octanol–water partition coefficient (Wildman–Crippen LogP) is 8.04. The van der Waals surface area contributed by atoms with Crippen LogP contribution in [0, 0.1) is 0 Å². The molecule has 0 unspecified atom stereocenters. The molecule has 0 saturated heterocycles. The fourth-order valence-corrected chi connectivity index (χ4v) is 5.95. The molecule has 0 spiro atoms. The van der Waals surface area contributed by atoms with Gasteiger partial charge in [-0.15, -0.1) is 0 Å². The molecule has 1 aliphatic carbocycles. The van der Waals surface area contributed by atoms with E-state index in [1.165, 1.54) is 0 Å². The molecule has 1 aliphatic rings. The highest BCUT2D eigenvalue weighted by atomic mass is 79.9. The Bertz CT molecular complexity index is 1640. The van der Waals surface area contributed by atoms with E-state index in [-0.39, 0.29) is 24.8 Å². The summed E-state index contributed by atoms with van der Waals surface area (Å²) in [6.45, 7) is 0. The largest absolute Gasteiger partial charge is 0.427 e. The van der Waals surface area contributed by atoms with Crippen LogP contribution in [0.15, 0.2) is 114 Å². The predicted molar refractivity (Wildman–Crippen MR) is 158 cm³/mol. The third-order valence-electron chi connectivity index (χ3n) is 7.45. The van der Waals surface area contributed by atoms with E-state index < -0.39 is 5.41 Å². The van der Waals surface area contributed by atoms with Gasteiger partial charge in [0.15, 0.2) is 0 Å². The van der Waals surface area contributed by atoms with E-state index >= 15 is 0 Å². The van der Waals surface area contributed by atoms with E-state index in [2.05, 4.69) is 34.1 Å². The number of para-hydroxylation sites is 3. The number of hydrogen-bond donors (Lipinski definition) is 0. The first-order valence-electron chi connectivity index (χ1n) is 13.2. The third kappa shape index (κ3) is 5.15. The summed E-state index contributed by atoms with van der Waals surface area (Å²) < 4.78 is 12.2. The summed E-state index contributed by atoms with van der Waals surface area (Å²) >= 11 is 3.65. The number of hydrogen-bond acceptors (Lipinski definition) is 5. The average Bonchev–Trinajstić information content (AvgIpc) is 3.23. The van der Waals surface area contributed by atoms with Crippen molar-refractivity contribution in [2.45, 2.75) is 31.1 Å². The van der Waals surface area contributed by atoms with Crippen LogP contribution in [-0.2, 0) is 15.0 Å². The number of esters is 2. The second-order valence-electron chi connectivity index (χ2n) is 9.92. The molecular formula is C34H26BrNO4. The molecule has 40 heavy (non-hydrogen) atoms. The van der Waals surface area contributed by atoms with Gasteiger partial charge in [0.25, 0.3) is 0 Å². The molecule has 0 amide bonds. The number of aromatic nitrogens is 1. The van der Waals surface area contributed by atoms with Crippen LogP contribution in [0.4, 0.5) is 0 Å². The van der Waals surface area contributed by atoms with Gasteiger partial charge in [0.1, 0.15) is 11.5 Å². The molecule has 1 aromatic heterocycles. The van der Waals surface area contributed by atoms with Gasteiger partial charge < -0.3 is 9.47 Å². The lowest BCUT2D eigenvalue weighted by molar-refractivity contribution is -0.134. The molecular weight excluding hydrogens is 566 g/mol. The summed E-state index contributed by atoms with van der Waals surface area (Å²) in [5.41, 5.74) is 4.21. The fraction of sp³-hybridized carbons (Fsp3) is 0.147. The molecule has 5 nitrogen and oxygen atoms in total. The van der Waals surface area contributed by atoms with Gasteiger partial charge in [-0.25, -0.2) is 4.98 Å². The van der Waals surface area contributed by atoms with Gasteiger partial charge >= 0.3 is 11.9 Å². The van der Waals surface area contributed by atoms with Crippen LogP contribution in [0.3, 0.4) is 0 Å². The lowest BCUT2D eigenvalue weighted by atomic mass is 9.71. The summed E-state index contributed by atoms with van der Waals surface area (Å²) in [6.07, 6.45) is 1.24. The van der Waals surface area contributed by atoms with Crippen molar-refractivity contribution in [3.05, 3.63) is 125 Å². The number of ether oxygens (including phenoxy) is 2. The number of halogens is 1. The van der Waals surface area contributed by atoms with Crippen molar-refractivity contribution in [1.82, 2.24) is 4.98 Å². The maximum absolute atomic E-state index is 13.1. The molecule has 6 heteroatoms. The van der Waals surface area contributed by atoms with Crippen LogP contribution >= 0.6 is 15.9 Å². The van der Waals surface area contributed by atoms with Crippen molar-refractivity contribution in [1.29, 1.82) is 0 Å². The molecule has 0 atom stereocenters. The number of carbonyl (C=O) groups is 2. The van der Waals surface area contributed by atoms with Gasteiger partial charge in [0.2, 0.25) is 0 Å². The molecule has 4 aromatic carbocycles. The van der Waals surface area contributed by atoms with Gasteiger partial charge in [-0.1, -0.05) is 76.6 Å². The second kappa shape index (κ2) is 11.1. The van der Waals surface area contributed by atoms with E-state index in [4.69, 9.17) is 14.5 Å². The highest BCUT2D eigenvalue weighted by Crippen LogP contribution is 2.54. The summed E-state index contributed by atoms with van der Waals surface area (Å²) in [6, 6.07) is 34.5. The summed E-state index contributed by atoms with van der Waals surface area (Å²) in [5.74, 6) is 0.374. The first-order chi connectivity index (χ1) is 19.5. The van der Waals surface area contributed by atoms with E-state index in [1.54, 1.807) is 24.3 Å². The number of fused-ring (bicyclic) bond motifs is 4. The Morgan fingerprint density at radius 3 is 1.88 bits per heavy atom.